The molecule has 4 nitrogen and oxygen atoms in total. The number of hydrogen-bond acceptors (Lipinski definition) is 3. The van der Waals surface area contributed by atoms with Gasteiger partial charge in [-0.15, -0.1) is 0 Å². The van der Waals surface area contributed by atoms with Gasteiger partial charge in [0.25, 0.3) is 5.91 Å². The number of benzene rings is 1. The van der Waals surface area contributed by atoms with Gasteiger partial charge in [0.05, 0.1) is 0 Å². The Morgan fingerprint density at radius 2 is 1.68 bits per heavy atom. The van der Waals surface area contributed by atoms with Crippen LogP contribution in [0, 0.1) is 0 Å². The Morgan fingerprint density at radius 3 is 2.26 bits per heavy atom. The van der Waals surface area contributed by atoms with E-state index in [4.69, 9.17) is 5.73 Å². The third-order valence-corrected chi connectivity index (χ3v) is 2.95. The van der Waals surface area contributed by atoms with Gasteiger partial charge >= 0.3 is 0 Å². The minimum Gasteiger partial charge on any atom is -0.337 e. The summed E-state index contributed by atoms with van der Waals surface area (Å²) in [6, 6.07) is 11.4. The van der Waals surface area contributed by atoms with Crippen molar-refractivity contribution in [3.8, 4) is 0 Å². The summed E-state index contributed by atoms with van der Waals surface area (Å²) in [5, 5.41) is 0. The summed E-state index contributed by atoms with van der Waals surface area (Å²) >= 11 is 0. The van der Waals surface area contributed by atoms with Crippen LogP contribution in [0.3, 0.4) is 0 Å². The topological polar surface area (TPSA) is 59.2 Å². The van der Waals surface area contributed by atoms with Gasteiger partial charge < -0.3 is 10.6 Å². The maximum absolute atomic E-state index is 12.2. The van der Waals surface area contributed by atoms with Crippen LogP contribution in [0.25, 0.3) is 0 Å². The molecule has 2 aromatic rings. The molecule has 0 unspecified atom stereocenters. The van der Waals surface area contributed by atoms with Crippen LogP contribution in [-0.4, -0.2) is 22.8 Å². The molecule has 0 aliphatic rings. The van der Waals surface area contributed by atoms with Crippen LogP contribution in [0.2, 0.25) is 0 Å². The number of carbonyl (C=O) groups is 1. The standard InChI is InChI=1S/C15H17N3O/c1-18(15(19)14-6-8-17-9-7-14)11-13-4-2-12(10-16)3-5-13/h2-9H,10-11,16H2,1H3. The summed E-state index contributed by atoms with van der Waals surface area (Å²) in [4.78, 5) is 17.7. The monoisotopic (exact) mass is 255 g/mol. The van der Waals surface area contributed by atoms with E-state index in [1.807, 2.05) is 24.3 Å². The molecule has 19 heavy (non-hydrogen) atoms. The van der Waals surface area contributed by atoms with Crippen molar-refractivity contribution < 1.29 is 4.79 Å². The van der Waals surface area contributed by atoms with Crippen LogP contribution < -0.4 is 5.73 Å². The fraction of sp³-hybridized carbons (Fsp3) is 0.200. The number of hydrogen-bond donors (Lipinski definition) is 1. The molecule has 0 aliphatic carbocycles. The molecule has 1 heterocycles. The van der Waals surface area contributed by atoms with E-state index in [1.54, 1.807) is 36.5 Å². The van der Waals surface area contributed by atoms with Crippen molar-refractivity contribution in [2.24, 2.45) is 5.73 Å². The van der Waals surface area contributed by atoms with E-state index in [0.29, 0.717) is 18.7 Å². The average molecular weight is 255 g/mol. The first kappa shape index (κ1) is 13.2. The summed E-state index contributed by atoms with van der Waals surface area (Å²) in [6.45, 7) is 1.11. The molecule has 0 atom stereocenters. The Kier molecular flexibility index (Phi) is 4.26. The maximum Gasteiger partial charge on any atom is 0.254 e. The van der Waals surface area contributed by atoms with Crippen LogP contribution in [0.4, 0.5) is 0 Å². The van der Waals surface area contributed by atoms with Crippen molar-refractivity contribution in [1.29, 1.82) is 0 Å². The van der Waals surface area contributed by atoms with Crippen LogP contribution in [-0.2, 0) is 13.1 Å². The van der Waals surface area contributed by atoms with Crippen LogP contribution in [0.1, 0.15) is 21.5 Å². The number of aromatic nitrogens is 1. The molecule has 98 valence electrons. The Labute approximate surface area is 112 Å². The molecule has 0 saturated heterocycles. The average Bonchev–Trinajstić information content (AvgIpc) is 2.48. The largest absolute Gasteiger partial charge is 0.337 e. The molecule has 1 aromatic heterocycles. The molecule has 0 fully saturated rings. The van der Waals surface area contributed by atoms with Crippen molar-refractivity contribution in [3.63, 3.8) is 0 Å². The maximum atomic E-state index is 12.2. The van der Waals surface area contributed by atoms with E-state index < -0.39 is 0 Å². The second-order valence-corrected chi connectivity index (χ2v) is 4.42. The summed E-state index contributed by atoms with van der Waals surface area (Å²) in [5.41, 5.74) is 8.38. The minimum absolute atomic E-state index is 0.00898. The van der Waals surface area contributed by atoms with Crippen LogP contribution in [0.5, 0.6) is 0 Å². The highest BCUT2D eigenvalue weighted by Crippen LogP contribution is 2.09. The van der Waals surface area contributed by atoms with Gasteiger partial charge in [-0.1, -0.05) is 24.3 Å². The second-order valence-electron chi connectivity index (χ2n) is 4.42. The normalized spacial score (nSPS) is 10.2. The lowest BCUT2D eigenvalue weighted by molar-refractivity contribution is 0.0785. The fourth-order valence-electron chi connectivity index (χ4n) is 1.84. The molecule has 2 N–H and O–H groups in total. The van der Waals surface area contributed by atoms with E-state index in [-0.39, 0.29) is 5.91 Å². The van der Waals surface area contributed by atoms with E-state index >= 15 is 0 Å². The quantitative estimate of drug-likeness (QED) is 0.906. The summed E-state index contributed by atoms with van der Waals surface area (Å²) in [7, 11) is 1.79. The highest BCUT2D eigenvalue weighted by atomic mass is 16.2. The predicted molar refractivity (Wildman–Crippen MR) is 74.4 cm³/mol. The van der Waals surface area contributed by atoms with E-state index in [9.17, 15) is 4.79 Å². The van der Waals surface area contributed by atoms with E-state index in [1.165, 1.54) is 0 Å². The minimum atomic E-state index is -0.00898. The molecular formula is C15H17N3O. The number of amides is 1. The Bertz CT molecular complexity index is 537. The van der Waals surface area contributed by atoms with Crippen molar-refractivity contribution in [2.75, 3.05) is 7.05 Å². The first-order chi connectivity index (χ1) is 9.20. The predicted octanol–water partition coefficient (Wildman–Crippen LogP) is 1.81. The second kappa shape index (κ2) is 6.11. The van der Waals surface area contributed by atoms with E-state index in [2.05, 4.69) is 4.98 Å². The molecular weight excluding hydrogens is 238 g/mol. The number of nitrogens with zero attached hydrogens (tertiary/aromatic N) is 2. The number of nitrogens with two attached hydrogens (primary N) is 1. The third kappa shape index (κ3) is 3.39. The lowest BCUT2D eigenvalue weighted by atomic mass is 10.1. The Hall–Kier alpha value is -2.20. The summed E-state index contributed by atoms with van der Waals surface area (Å²) in [5.74, 6) is -0.00898. The van der Waals surface area contributed by atoms with Gasteiger partial charge in [0.1, 0.15) is 0 Å². The van der Waals surface area contributed by atoms with Crippen molar-refractivity contribution in [1.82, 2.24) is 9.88 Å². The molecule has 1 aromatic carbocycles. The van der Waals surface area contributed by atoms with Gasteiger partial charge in [-0.3, -0.25) is 9.78 Å². The zero-order chi connectivity index (χ0) is 13.7. The molecule has 2 rings (SSSR count). The van der Waals surface area contributed by atoms with Gasteiger partial charge in [0, 0.05) is 38.1 Å². The molecule has 0 aliphatic heterocycles. The molecule has 0 saturated carbocycles. The van der Waals surface area contributed by atoms with Crippen molar-refractivity contribution in [2.45, 2.75) is 13.1 Å². The highest BCUT2D eigenvalue weighted by molar-refractivity contribution is 5.93. The summed E-state index contributed by atoms with van der Waals surface area (Å²) in [6.07, 6.45) is 3.24. The zero-order valence-corrected chi connectivity index (χ0v) is 10.9. The Balaban J connectivity index is 2.04. The fourth-order valence-corrected chi connectivity index (χ4v) is 1.84. The van der Waals surface area contributed by atoms with Gasteiger partial charge in [0.2, 0.25) is 0 Å². The Morgan fingerprint density at radius 1 is 1.11 bits per heavy atom. The molecule has 4 heteroatoms. The molecule has 0 radical (unpaired) electrons. The third-order valence-electron chi connectivity index (χ3n) is 2.95. The van der Waals surface area contributed by atoms with Gasteiger partial charge in [-0.05, 0) is 23.3 Å². The van der Waals surface area contributed by atoms with Crippen LogP contribution in [0.15, 0.2) is 48.8 Å². The summed E-state index contributed by atoms with van der Waals surface area (Å²) < 4.78 is 0. The van der Waals surface area contributed by atoms with Crippen molar-refractivity contribution in [3.05, 3.63) is 65.5 Å². The first-order valence-corrected chi connectivity index (χ1v) is 6.14. The number of pyridine rings is 1. The van der Waals surface area contributed by atoms with Gasteiger partial charge in [-0.2, -0.15) is 0 Å². The smallest absolute Gasteiger partial charge is 0.254 e. The van der Waals surface area contributed by atoms with Gasteiger partial charge in [-0.25, -0.2) is 0 Å². The molecule has 0 spiro atoms. The lowest BCUT2D eigenvalue weighted by Gasteiger charge is -2.17. The number of rotatable bonds is 4. The van der Waals surface area contributed by atoms with Crippen molar-refractivity contribution >= 4 is 5.91 Å². The van der Waals surface area contributed by atoms with Crippen LogP contribution >= 0.6 is 0 Å². The lowest BCUT2D eigenvalue weighted by Crippen LogP contribution is -2.26. The van der Waals surface area contributed by atoms with Gasteiger partial charge in [0.15, 0.2) is 0 Å². The number of carbonyl (C=O) groups excluding carboxylic acids is 1. The molecule has 0 bridgehead atoms. The molecule has 1 amide bonds. The first-order valence-electron chi connectivity index (χ1n) is 6.14. The van der Waals surface area contributed by atoms with E-state index in [0.717, 1.165) is 11.1 Å². The SMILES string of the molecule is CN(Cc1ccc(CN)cc1)C(=O)c1ccncc1. The highest BCUT2D eigenvalue weighted by Gasteiger charge is 2.11. The zero-order valence-electron chi connectivity index (χ0n) is 10.9.